The monoisotopic (exact) mass is 508 g/mol. The first-order chi connectivity index (χ1) is 17.4. The highest BCUT2D eigenvalue weighted by molar-refractivity contribution is 7.15. The summed E-state index contributed by atoms with van der Waals surface area (Å²) < 4.78 is 14.5. The van der Waals surface area contributed by atoms with Gasteiger partial charge in [0.15, 0.2) is 11.5 Å². The average Bonchev–Trinajstić information content (AvgIpc) is 3.42. The Morgan fingerprint density at radius 2 is 2.11 bits per heavy atom. The van der Waals surface area contributed by atoms with Gasteiger partial charge in [0, 0.05) is 53.5 Å². The molecule has 1 fully saturated rings. The number of aryl methyl sites for hydroxylation is 3. The van der Waals surface area contributed by atoms with Crippen molar-refractivity contribution in [3.63, 3.8) is 0 Å². The van der Waals surface area contributed by atoms with E-state index in [1.165, 1.54) is 22.6 Å². The molecule has 0 aliphatic carbocycles. The fourth-order valence-electron chi connectivity index (χ4n) is 5.11. The quantitative estimate of drug-likeness (QED) is 0.461. The minimum Gasteiger partial charge on any atom is -0.489 e. The number of benzene rings is 1. The molecule has 7 nitrogen and oxygen atoms in total. The highest BCUT2D eigenvalue weighted by Crippen LogP contribution is 2.40. The molecule has 3 aromatic rings. The second kappa shape index (κ2) is 11.0. The van der Waals surface area contributed by atoms with Crippen molar-refractivity contribution in [2.45, 2.75) is 46.2 Å². The third kappa shape index (κ3) is 5.93. The van der Waals surface area contributed by atoms with Crippen LogP contribution in [0.15, 0.2) is 36.5 Å². The summed E-state index contributed by atoms with van der Waals surface area (Å²) in [6, 6.07) is 10.6. The Labute approximate surface area is 217 Å². The first-order valence-electron chi connectivity index (χ1n) is 12.9. The number of carbonyl (C=O) groups excluding carboxylic acids is 1. The Morgan fingerprint density at radius 1 is 1.22 bits per heavy atom. The fraction of sp³-hybridized carbons (Fsp3) is 0.500. The van der Waals surface area contributed by atoms with Gasteiger partial charge in [0.2, 0.25) is 5.91 Å². The number of likely N-dealkylation sites (tertiary alicyclic amines) is 1. The molecule has 0 spiro atoms. The molecule has 5 rings (SSSR count). The lowest BCUT2D eigenvalue weighted by atomic mass is 9.99. The van der Waals surface area contributed by atoms with Crippen LogP contribution in [0.3, 0.4) is 0 Å². The molecule has 0 N–H and O–H groups in total. The zero-order valence-corrected chi connectivity index (χ0v) is 22.4. The number of aromatic nitrogens is 2. The molecule has 2 aliphatic heterocycles. The van der Waals surface area contributed by atoms with Crippen LogP contribution in [0.1, 0.15) is 35.4 Å². The minimum absolute atomic E-state index is 0.115. The highest BCUT2D eigenvalue weighted by Gasteiger charge is 2.25. The normalized spacial score (nSPS) is 18.4. The van der Waals surface area contributed by atoms with Crippen molar-refractivity contribution in [1.82, 2.24) is 19.6 Å². The van der Waals surface area contributed by atoms with Crippen molar-refractivity contribution in [2.75, 3.05) is 39.9 Å². The number of amides is 1. The van der Waals surface area contributed by atoms with Crippen molar-refractivity contribution < 1.29 is 14.3 Å². The molecular formula is C28H36N4O3S. The summed E-state index contributed by atoms with van der Waals surface area (Å²) >= 11 is 1.77. The number of thiophene rings is 1. The first kappa shape index (κ1) is 24.8. The van der Waals surface area contributed by atoms with Gasteiger partial charge in [-0.15, -0.1) is 11.3 Å². The van der Waals surface area contributed by atoms with E-state index >= 15 is 0 Å². The molecule has 36 heavy (non-hydrogen) atoms. The van der Waals surface area contributed by atoms with E-state index in [0.29, 0.717) is 45.2 Å². The largest absolute Gasteiger partial charge is 0.489 e. The molecule has 1 saturated heterocycles. The fourth-order valence-corrected chi connectivity index (χ4v) is 5.96. The van der Waals surface area contributed by atoms with E-state index in [9.17, 15) is 4.79 Å². The van der Waals surface area contributed by atoms with Crippen molar-refractivity contribution in [1.29, 1.82) is 0 Å². The first-order valence-corrected chi connectivity index (χ1v) is 13.7. The standard InChI is InChI=1S/C28H36N4O3S/c1-20-8-11-32(29-20)12-9-27(33)31-13-14-34-28-24(18-31)15-23(26-7-6-21(2)36-26)16-25(28)35-19-22-5-4-10-30(3)17-22/h6-8,11,15-16,22H,4-5,9-10,12-14,17-19H2,1-3H3/t22-/m0/s1. The molecule has 2 aliphatic rings. The Morgan fingerprint density at radius 3 is 2.86 bits per heavy atom. The average molecular weight is 509 g/mol. The van der Waals surface area contributed by atoms with Crippen molar-refractivity contribution in [3.05, 3.63) is 52.7 Å². The topological polar surface area (TPSA) is 59.8 Å². The summed E-state index contributed by atoms with van der Waals surface area (Å²) in [6.07, 6.45) is 4.74. The Hall–Kier alpha value is -2.84. The number of hydrogen-bond acceptors (Lipinski definition) is 6. The maximum atomic E-state index is 13.1. The van der Waals surface area contributed by atoms with Gasteiger partial charge in [-0.1, -0.05) is 0 Å². The predicted molar refractivity (Wildman–Crippen MR) is 143 cm³/mol. The molecule has 8 heteroatoms. The number of fused-ring (bicyclic) bond motifs is 1. The van der Waals surface area contributed by atoms with Gasteiger partial charge in [0.05, 0.1) is 18.8 Å². The lowest BCUT2D eigenvalue weighted by Crippen LogP contribution is -2.34. The molecule has 0 unspecified atom stereocenters. The van der Waals surface area contributed by atoms with Gasteiger partial charge in [-0.05, 0) is 76.2 Å². The van der Waals surface area contributed by atoms with E-state index < -0.39 is 0 Å². The molecule has 0 saturated carbocycles. The summed E-state index contributed by atoms with van der Waals surface area (Å²) in [7, 11) is 2.18. The van der Waals surface area contributed by atoms with Crippen LogP contribution < -0.4 is 9.47 Å². The zero-order valence-electron chi connectivity index (χ0n) is 21.5. The van der Waals surface area contributed by atoms with Crippen LogP contribution >= 0.6 is 11.3 Å². The van der Waals surface area contributed by atoms with Crippen LogP contribution in [0.25, 0.3) is 10.4 Å². The molecule has 2 aromatic heterocycles. The lowest BCUT2D eigenvalue weighted by molar-refractivity contribution is -0.132. The van der Waals surface area contributed by atoms with Gasteiger partial charge in [0.1, 0.15) is 6.61 Å². The third-order valence-electron chi connectivity index (χ3n) is 7.00. The zero-order chi connectivity index (χ0) is 25.1. The van der Waals surface area contributed by atoms with Crippen molar-refractivity contribution in [2.24, 2.45) is 5.92 Å². The van der Waals surface area contributed by atoms with Crippen LogP contribution in [-0.2, 0) is 17.9 Å². The molecular weight excluding hydrogens is 472 g/mol. The molecule has 192 valence electrons. The number of nitrogens with zero attached hydrogens (tertiary/aromatic N) is 4. The Balaban J connectivity index is 1.36. The summed E-state index contributed by atoms with van der Waals surface area (Å²) in [5.41, 5.74) is 3.09. The second-order valence-corrected chi connectivity index (χ2v) is 11.4. The molecule has 1 amide bonds. The van der Waals surface area contributed by atoms with Gasteiger partial charge in [-0.3, -0.25) is 9.48 Å². The number of ether oxygens (including phenoxy) is 2. The van der Waals surface area contributed by atoms with Crippen LogP contribution in [0.5, 0.6) is 11.5 Å². The number of hydrogen-bond donors (Lipinski definition) is 0. The van der Waals surface area contributed by atoms with Gasteiger partial charge in [-0.25, -0.2) is 0 Å². The van der Waals surface area contributed by atoms with E-state index in [4.69, 9.17) is 9.47 Å². The van der Waals surface area contributed by atoms with Crippen LogP contribution in [0, 0.1) is 19.8 Å². The lowest BCUT2D eigenvalue weighted by Gasteiger charge is -2.29. The van der Waals surface area contributed by atoms with E-state index in [1.807, 2.05) is 28.8 Å². The Bertz CT molecular complexity index is 1200. The van der Waals surface area contributed by atoms with Gasteiger partial charge < -0.3 is 19.3 Å². The van der Waals surface area contributed by atoms with Crippen LogP contribution in [0.4, 0.5) is 0 Å². The molecule has 1 atom stereocenters. The number of carbonyl (C=O) groups is 1. The molecule has 0 radical (unpaired) electrons. The van der Waals surface area contributed by atoms with Gasteiger partial charge in [-0.2, -0.15) is 5.10 Å². The SMILES string of the molecule is Cc1ccn(CCC(=O)N2CCOc3c(cc(-c4ccc(C)s4)cc3OC[C@H]3CCCN(C)C3)C2)n1. The summed E-state index contributed by atoms with van der Waals surface area (Å²) in [5.74, 6) is 2.21. The van der Waals surface area contributed by atoms with Crippen LogP contribution in [-0.4, -0.2) is 65.4 Å². The third-order valence-corrected chi connectivity index (χ3v) is 8.05. The minimum atomic E-state index is 0.115. The second-order valence-electron chi connectivity index (χ2n) is 10.1. The summed E-state index contributed by atoms with van der Waals surface area (Å²) in [5, 5.41) is 4.41. The van der Waals surface area contributed by atoms with E-state index in [0.717, 1.165) is 41.4 Å². The molecule has 4 heterocycles. The maximum Gasteiger partial charge on any atom is 0.224 e. The van der Waals surface area contributed by atoms with Crippen LogP contribution in [0.2, 0.25) is 0 Å². The maximum absolute atomic E-state index is 13.1. The highest BCUT2D eigenvalue weighted by atomic mass is 32.1. The van der Waals surface area contributed by atoms with E-state index in [2.05, 4.69) is 48.2 Å². The molecule has 1 aromatic carbocycles. The summed E-state index contributed by atoms with van der Waals surface area (Å²) in [4.78, 5) is 19.9. The number of piperidine rings is 1. The van der Waals surface area contributed by atoms with E-state index in [1.54, 1.807) is 11.3 Å². The summed E-state index contributed by atoms with van der Waals surface area (Å²) in [6.45, 7) is 9.10. The molecule has 0 bridgehead atoms. The van der Waals surface area contributed by atoms with Gasteiger partial charge >= 0.3 is 0 Å². The van der Waals surface area contributed by atoms with Crippen molar-refractivity contribution >= 4 is 17.2 Å². The smallest absolute Gasteiger partial charge is 0.224 e. The van der Waals surface area contributed by atoms with E-state index in [-0.39, 0.29) is 5.91 Å². The Kier molecular flexibility index (Phi) is 7.62. The van der Waals surface area contributed by atoms with Crippen molar-refractivity contribution in [3.8, 4) is 21.9 Å². The van der Waals surface area contributed by atoms with Gasteiger partial charge in [0.25, 0.3) is 0 Å². The predicted octanol–water partition coefficient (Wildman–Crippen LogP) is 4.76. The number of rotatable bonds is 7.